The Bertz CT molecular complexity index is 510. The third kappa shape index (κ3) is 1.85. The molecular formula is C14H18N2O. The Balaban J connectivity index is 2.09. The van der Waals surface area contributed by atoms with Crippen LogP contribution in [0.4, 0.5) is 0 Å². The molecule has 3 rings (SSSR count). The van der Waals surface area contributed by atoms with Crippen LogP contribution in [0.15, 0.2) is 30.5 Å². The van der Waals surface area contributed by atoms with E-state index < -0.39 is 5.60 Å². The highest BCUT2D eigenvalue weighted by molar-refractivity contribution is 5.83. The molecule has 1 aliphatic heterocycles. The Morgan fingerprint density at radius 1 is 1.12 bits per heavy atom. The van der Waals surface area contributed by atoms with E-state index in [4.69, 9.17) is 0 Å². The van der Waals surface area contributed by atoms with Crippen molar-refractivity contribution in [3.05, 3.63) is 36.0 Å². The summed E-state index contributed by atoms with van der Waals surface area (Å²) in [5.41, 5.74) is 1.50. The van der Waals surface area contributed by atoms with Crippen molar-refractivity contribution in [2.24, 2.45) is 0 Å². The molecule has 1 aliphatic rings. The van der Waals surface area contributed by atoms with Crippen LogP contribution in [0.2, 0.25) is 0 Å². The van der Waals surface area contributed by atoms with Gasteiger partial charge in [-0.2, -0.15) is 0 Å². The number of H-pyrrole nitrogens is 1. The van der Waals surface area contributed by atoms with Crippen LogP contribution in [0.1, 0.15) is 24.8 Å². The minimum Gasteiger partial charge on any atom is -0.385 e. The first-order valence-corrected chi connectivity index (χ1v) is 6.29. The van der Waals surface area contributed by atoms with E-state index in [0.29, 0.717) is 0 Å². The van der Waals surface area contributed by atoms with Crippen LogP contribution < -0.4 is 5.32 Å². The largest absolute Gasteiger partial charge is 0.385 e. The molecule has 17 heavy (non-hydrogen) atoms. The Morgan fingerprint density at radius 2 is 2.06 bits per heavy atom. The molecule has 1 aromatic heterocycles. The van der Waals surface area contributed by atoms with Gasteiger partial charge in [0, 0.05) is 17.1 Å². The van der Waals surface area contributed by atoms with Gasteiger partial charge in [0.2, 0.25) is 0 Å². The van der Waals surface area contributed by atoms with Gasteiger partial charge in [-0.1, -0.05) is 12.1 Å². The summed E-state index contributed by atoms with van der Waals surface area (Å²) in [7, 11) is 0. The van der Waals surface area contributed by atoms with Crippen molar-refractivity contribution in [1.82, 2.24) is 10.3 Å². The second-order valence-corrected chi connectivity index (χ2v) is 4.88. The molecule has 0 spiro atoms. The van der Waals surface area contributed by atoms with Gasteiger partial charge < -0.3 is 15.4 Å². The molecule has 2 aromatic rings. The zero-order valence-electron chi connectivity index (χ0n) is 9.87. The van der Waals surface area contributed by atoms with Gasteiger partial charge in [0.05, 0.1) is 5.60 Å². The summed E-state index contributed by atoms with van der Waals surface area (Å²) in [6.45, 7) is 1.89. The molecule has 1 unspecified atom stereocenters. The number of rotatable bonds is 1. The highest BCUT2D eigenvalue weighted by Crippen LogP contribution is 2.35. The van der Waals surface area contributed by atoms with Crippen molar-refractivity contribution in [2.75, 3.05) is 13.1 Å². The molecule has 0 radical (unpaired) electrons. The standard InChI is InChI=1S/C14H18N2O/c17-14(6-2-8-15-10-7-14)12-3-1-4-13-11(12)5-9-16-13/h1,3-5,9,15-17H,2,6-8,10H2. The van der Waals surface area contributed by atoms with Crippen molar-refractivity contribution in [3.8, 4) is 0 Å². The molecule has 0 amide bonds. The van der Waals surface area contributed by atoms with E-state index in [0.717, 1.165) is 48.8 Å². The van der Waals surface area contributed by atoms with E-state index in [1.807, 2.05) is 12.3 Å². The number of aromatic nitrogens is 1. The van der Waals surface area contributed by atoms with Gasteiger partial charge in [-0.05, 0) is 50.0 Å². The Hall–Kier alpha value is -1.32. The number of fused-ring (bicyclic) bond motifs is 1. The summed E-state index contributed by atoms with van der Waals surface area (Å²) < 4.78 is 0. The summed E-state index contributed by atoms with van der Waals surface area (Å²) in [5.74, 6) is 0. The second kappa shape index (κ2) is 4.17. The van der Waals surface area contributed by atoms with Gasteiger partial charge >= 0.3 is 0 Å². The SMILES string of the molecule is OC1(c2cccc3[nH]ccc23)CCCNCC1. The first-order valence-electron chi connectivity index (χ1n) is 6.29. The lowest BCUT2D eigenvalue weighted by Crippen LogP contribution is -2.27. The van der Waals surface area contributed by atoms with Gasteiger partial charge in [0.1, 0.15) is 0 Å². The fraction of sp³-hybridized carbons (Fsp3) is 0.429. The van der Waals surface area contributed by atoms with Crippen molar-refractivity contribution in [2.45, 2.75) is 24.9 Å². The summed E-state index contributed by atoms with van der Waals surface area (Å²) >= 11 is 0. The smallest absolute Gasteiger partial charge is 0.0915 e. The van der Waals surface area contributed by atoms with Crippen LogP contribution in [0.25, 0.3) is 10.9 Å². The Labute approximate surface area is 101 Å². The third-order valence-electron chi connectivity index (χ3n) is 3.76. The van der Waals surface area contributed by atoms with Crippen molar-refractivity contribution < 1.29 is 5.11 Å². The Morgan fingerprint density at radius 3 is 3.00 bits per heavy atom. The second-order valence-electron chi connectivity index (χ2n) is 4.88. The number of hydrogen-bond donors (Lipinski definition) is 3. The van der Waals surface area contributed by atoms with E-state index in [9.17, 15) is 5.11 Å². The lowest BCUT2D eigenvalue weighted by molar-refractivity contribution is 0.0255. The fourth-order valence-electron chi connectivity index (χ4n) is 2.81. The lowest BCUT2D eigenvalue weighted by Gasteiger charge is -2.27. The van der Waals surface area contributed by atoms with Gasteiger partial charge in [-0.3, -0.25) is 0 Å². The van der Waals surface area contributed by atoms with E-state index in [2.05, 4.69) is 28.5 Å². The number of aromatic amines is 1. The van der Waals surface area contributed by atoms with Crippen molar-refractivity contribution >= 4 is 10.9 Å². The van der Waals surface area contributed by atoms with E-state index >= 15 is 0 Å². The molecule has 1 aromatic carbocycles. The maximum absolute atomic E-state index is 10.9. The first kappa shape index (κ1) is 10.8. The number of aliphatic hydroxyl groups is 1. The molecular weight excluding hydrogens is 212 g/mol. The van der Waals surface area contributed by atoms with Crippen molar-refractivity contribution in [1.29, 1.82) is 0 Å². The topological polar surface area (TPSA) is 48.0 Å². The number of nitrogens with one attached hydrogen (secondary N) is 2. The van der Waals surface area contributed by atoms with Gasteiger partial charge in [0.25, 0.3) is 0 Å². The average Bonchev–Trinajstić information content (AvgIpc) is 2.71. The summed E-state index contributed by atoms with van der Waals surface area (Å²) in [6.07, 6.45) is 4.59. The maximum Gasteiger partial charge on any atom is 0.0915 e. The average molecular weight is 230 g/mol. The minimum atomic E-state index is -0.675. The van der Waals surface area contributed by atoms with Gasteiger partial charge in [-0.15, -0.1) is 0 Å². The molecule has 90 valence electrons. The molecule has 3 heteroatoms. The summed E-state index contributed by atoms with van der Waals surface area (Å²) in [6, 6.07) is 8.18. The highest BCUT2D eigenvalue weighted by atomic mass is 16.3. The highest BCUT2D eigenvalue weighted by Gasteiger charge is 2.31. The third-order valence-corrected chi connectivity index (χ3v) is 3.76. The fourth-order valence-corrected chi connectivity index (χ4v) is 2.81. The number of benzene rings is 1. The van der Waals surface area contributed by atoms with Crippen LogP contribution in [0.3, 0.4) is 0 Å². The normalized spacial score (nSPS) is 25.9. The van der Waals surface area contributed by atoms with Crippen LogP contribution in [-0.4, -0.2) is 23.2 Å². The quantitative estimate of drug-likeness (QED) is 0.703. The molecule has 0 aliphatic carbocycles. The maximum atomic E-state index is 10.9. The summed E-state index contributed by atoms with van der Waals surface area (Å²) in [5, 5.41) is 15.4. The molecule has 0 saturated carbocycles. The van der Waals surface area contributed by atoms with E-state index in [-0.39, 0.29) is 0 Å². The predicted octanol–water partition coefficient (Wildman–Crippen LogP) is 2.13. The first-order chi connectivity index (χ1) is 8.30. The molecule has 3 nitrogen and oxygen atoms in total. The lowest BCUT2D eigenvalue weighted by atomic mass is 9.85. The zero-order valence-corrected chi connectivity index (χ0v) is 9.87. The monoisotopic (exact) mass is 230 g/mol. The van der Waals surface area contributed by atoms with E-state index in [1.54, 1.807) is 0 Å². The van der Waals surface area contributed by atoms with Crippen LogP contribution >= 0.6 is 0 Å². The zero-order chi connectivity index (χ0) is 11.7. The van der Waals surface area contributed by atoms with Crippen LogP contribution in [0, 0.1) is 0 Å². The van der Waals surface area contributed by atoms with Gasteiger partial charge in [0.15, 0.2) is 0 Å². The number of hydrogen-bond acceptors (Lipinski definition) is 2. The molecule has 1 fully saturated rings. The molecule has 3 N–H and O–H groups in total. The predicted molar refractivity (Wildman–Crippen MR) is 68.9 cm³/mol. The van der Waals surface area contributed by atoms with Crippen molar-refractivity contribution in [3.63, 3.8) is 0 Å². The molecule has 1 saturated heterocycles. The summed E-state index contributed by atoms with van der Waals surface area (Å²) in [4.78, 5) is 3.21. The van der Waals surface area contributed by atoms with Gasteiger partial charge in [-0.25, -0.2) is 0 Å². The minimum absolute atomic E-state index is 0.675. The van der Waals surface area contributed by atoms with E-state index in [1.165, 1.54) is 0 Å². The Kier molecular flexibility index (Phi) is 2.65. The molecule has 1 atom stereocenters. The van der Waals surface area contributed by atoms with Crippen LogP contribution in [-0.2, 0) is 5.60 Å². The van der Waals surface area contributed by atoms with Crippen LogP contribution in [0.5, 0.6) is 0 Å². The molecule has 0 bridgehead atoms. The molecule has 2 heterocycles.